The highest BCUT2D eigenvalue weighted by atomic mass is 32.2. The third-order valence-corrected chi connectivity index (χ3v) is 5.30. The summed E-state index contributed by atoms with van der Waals surface area (Å²) < 4.78 is 1.93. The largest absolute Gasteiger partial charge is 0.383 e. The van der Waals surface area contributed by atoms with Gasteiger partial charge in [0, 0.05) is 17.0 Å². The summed E-state index contributed by atoms with van der Waals surface area (Å²) in [5.41, 5.74) is 6.73. The standard InChI is InChI=1S/C17H20N6S/c1-17(2,3)23-15-13(14(18)20-9-21-15)16(22-23)24-12-8-19-11-7-5-4-6-10(11)12/h4-11,19H,1-3H3,(H2,18,20,21). The number of allylic oxidation sites excluding steroid dienone is 2. The molecule has 124 valence electrons. The molecule has 0 amide bonds. The molecule has 0 radical (unpaired) electrons. The third-order valence-electron chi connectivity index (χ3n) is 4.19. The molecule has 0 saturated carbocycles. The number of nitrogens with two attached hydrogens (primary N) is 1. The molecule has 1 aliphatic heterocycles. The minimum absolute atomic E-state index is 0.184. The Morgan fingerprint density at radius 3 is 2.79 bits per heavy atom. The Kier molecular flexibility index (Phi) is 3.42. The number of nitrogen functional groups attached to an aromatic ring is 1. The lowest BCUT2D eigenvalue weighted by molar-refractivity contribution is 0.360. The molecule has 2 aliphatic rings. The monoisotopic (exact) mass is 340 g/mol. The van der Waals surface area contributed by atoms with Gasteiger partial charge in [-0.2, -0.15) is 5.10 Å². The van der Waals surface area contributed by atoms with Crippen LogP contribution in [0.4, 0.5) is 5.82 Å². The van der Waals surface area contributed by atoms with Crippen molar-refractivity contribution in [3.05, 3.63) is 41.7 Å². The van der Waals surface area contributed by atoms with Gasteiger partial charge in [-0.25, -0.2) is 14.6 Å². The Balaban J connectivity index is 1.78. The van der Waals surface area contributed by atoms with Crippen molar-refractivity contribution in [2.45, 2.75) is 37.4 Å². The van der Waals surface area contributed by atoms with E-state index >= 15 is 0 Å². The maximum absolute atomic E-state index is 6.14. The third kappa shape index (κ3) is 2.39. The maximum Gasteiger partial charge on any atom is 0.165 e. The Hall–Kier alpha value is -2.28. The van der Waals surface area contributed by atoms with Crippen molar-refractivity contribution in [1.29, 1.82) is 0 Å². The van der Waals surface area contributed by atoms with E-state index in [0.717, 1.165) is 16.1 Å². The second-order valence-electron chi connectivity index (χ2n) is 6.98. The van der Waals surface area contributed by atoms with E-state index in [1.165, 1.54) is 11.2 Å². The summed E-state index contributed by atoms with van der Waals surface area (Å²) in [6.45, 7) is 6.31. The molecule has 7 heteroatoms. The number of rotatable bonds is 2. The topological polar surface area (TPSA) is 81.7 Å². The minimum atomic E-state index is -0.184. The molecular weight excluding hydrogens is 320 g/mol. The fourth-order valence-electron chi connectivity index (χ4n) is 3.00. The zero-order valence-electron chi connectivity index (χ0n) is 13.9. The summed E-state index contributed by atoms with van der Waals surface area (Å²) >= 11 is 1.64. The first-order valence-corrected chi connectivity index (χ1v) is 8.75. The van der Waals surface area contributed by atoms with Gasteiger partial charge in [-0.05, 0) is 20.8 Å². The van der Waals surface area contributed by atoms with Crippen LogP contribution in [-0.4, -0.2) is 25.8 Å². The highest BCUT2D eigenvalue weighted by molar-refractivity contribution is 8.03. The van der Waals surface area contributed by atoms with Gasteiger partial charge >= 0.3 is 0 Å². The predicted octanol–water partition coefficient (Wildman–Crippen LogP) is 2.81. The van der Waals surface area contributed by atoms with Crippen LogP contribution in [0.15, 0.2) is 46.8 Å². The van der Waals surface area contributed by atoms with Crippen molar-refractivity contribution < 1.29 is 0 Å². The molecule has 0 spiro atoms. The van der Waals surface area contributed by atoms with Crippen LogP contribution >= 0.6 is 11.8 Å². The SMILES string of the molecule is CC(C)(C)n1nc(SC2=CNC3C=CC=CC23)c2c(N)ncnc21. The van der Waals surface area contributed by atoms with E-state index in [2.05, 4.69) is 66.6 Å². The molecule has 3 heterocycles. The highest BCUT2D eigenvalue weighted by Gasteiger charge is 2.30. The van der Waals surface area contributed by atoms with Gasteiger partial charge in [0.05, 0.1) is 17.0 Å². The number of anilines is 1. The molecule has 6 nitrogen and oxygen atoms in total. The predicted molar refractivity (Wildman–Crippen MR) is 97.4 cm³/mol. The summed E-state index contributed by atoms with van der Waals surface area (Å²) in [5.74, 6) is 0.806. The van der Waals surface area contributed by atoms with Crippen molar-refractivity contribution in [2.24, 2.45) is 5.92 Å². The van der Waals surface area contributed by atoms with Crippen molar-refractivity contribution in [2.75, 3.05) is 5.73 Å². The summed E-state index contributed by atoms with van der Waals surface area (Å²) in [6, 6.07) is 0.321. The quantitative estimate of drug-likeness (QED) is 0.875. The highest BCUT2D eigenvalue weighted by Crippen LogP contribution is 2.41. The number of hydrogen-bond acceptors (Lipinski definition) is 6. The van der Waals surface area contributed by atoms with Gasteiger partial charge in [0.1, 0.15) is 17.2 Å². The van der Waals surface area contributed by atoms with Crippen LogP contribution in [-0.2, 0) is 5.54 Å². The van der Waals surface area contributed by atoms with Gasteiger partial charge < -0.3 is 11.1 Å². The second-order valence-corrected chi connectivity index (χ2v) is 8.04. The van der Waals surface area contributed by atoms with E-state index in [9.17, 15) is 0 Å². The minimum Gasteiger partial charge on any atom is -0.383 e. The molecule has 1 aliphatic carbocycles. The summed E-state index contributed by atoms with van der Waals surface area (Å²) in [5, 5.41) is 9.91. The number of aromatic nitrogens is 4. The van der Waals surface area contributed by atoms with Gasteiger partial charge in [-0.15, -0.1) is 0 Å². The lowest BCUT2D eigenvalue weighted by Gasteiger charge is -2.19. The van der Waals surface area contributed by atoms with Crippen molar-refractivity contribution >= 4 is 28.6 Å². The van der Waals surface area contributed by atoms with E-state index in [4.69, 9.17) is 10.8 Å². The Bertz CT molecular complexity index is 886. The first-order valence-electron chi connectivity index (χ1n) is 7.94. The second kappa shape index (κ2) is 5.37. The lowest BCUT2D eigenvalue weighted by Crippen LogP contribution is -2.24. The van der Waals surface area contributed by atoms with Crippen molar-refractivity contribution in [1.82, 2.24) is 25.1 Å². The van der Waals surface area contributed by atoms with Crippen LogP contribution in [0.3, 0.4) is 0 Å². The fourth-order valence-corrected chi connectivity index (χ4v) is 4.14. The molecular formula is C17H20N6S. The smallest absolute Gasteiger partial charge is 0.165 e. The molecule has 2 aromatic rings. The van der Waals surface area contributed by atoms with E-state index in [1.807, 2.05) is 4.68 Å². The molecule has 3 N–H and O–H groups in total. The zero-order chi connectivity index (χ0) is 16.9. The molecule has 0 bridgehead atoms. The molecule has 24 heavy (non-hydrogen) atoms. The summed E-state index contributed by atoms with van der Waals surface area (Å²) in [6.07, 6.45) is 12.1. The van der Waals surface area contributed by atoms with Gasteiger partial charge in [-0.1, -0.05) is 36.1 Å². The summed E-state index contributed by atoms with van der Waals surface area (Å²) in [4.78, 5) is 9.81. The van der Waals surface area contributed by atoms with Crippen LogP contribution in [0.1, 0.15) is 20.8 Å². The zero-order valence-corrected chi connectivity index (χ0v) is 14.7. The number of nitrogens with one attached hydrogen (secondary N) is 1. The van der Waals surface area contributed by atoms with Gasteiger partial charge in [-0.3, -0.25) is 0 Å². The average Bonchev–Trinajstić information content (AvgIpc) is 3.11. The molecule has 0 saturated heterocycles. The summed E-state index contributed by atoms with van der Waals surface area (Å²) in [7, 11) is 0. The molecule has 2 atom stereocenters. The Morgan fingerprint density at radius 2 is 2.00 bits per heavy atom. The van der Waals surface area contributed by atoms with Crippen molar-refractivity contribution in [3.63, 3.8) is 0 Å². The van der Waals surface area contributed by atoms with E-state index in [0.29, 0.717) is 17.8 Å². The average molecular weight is 340 g/mol. The molecule has 0 aromatic carbocycles. The van der Waals surface area contributed by atoms with E-state index in [1.54, 1.807) is 11.8 Å². The molecule has 4 rings (SSSR count). The maximum atomic E-state index is 6.14. The number of thioether (sulfide) groups is 1. The fraction of sp³-hybridized carbons (Fsp3) is 0.353. The number of fused-ring (bicyclic) bond motifs is 2. The molecule has 0 fully saturated rings. The molecule has 2 unspecified atom stereocenters. The van der Waals surface area contributed by atoms with Crippen LogP contribution in [0.25, 0.3) is 11.0 Å². The number of hydrogen-bond donors (Lipinski definition) is 2. The van der Waals surface area contributed by atoms with Crippen LogP contribution < -0.4 is 11.1 Å². The lowest BCUT2D eigenvalue weighted by atomic mass is 9.98. The van der Waals surface area contributed by atoms with Gasteiger partial charge in [0.2, 0.25) is 0 Å². The molecule has 2 aromatic heterocycles. The van der Waals surface area contributed by atoms with Crippen LogP contribution in [0, 0.1) is 5.92 Å². The normalized spacial score (nSPS) is 22.5. The number of nitrogens with zero attached hydrogens (tertiary/aromatic N) is 4. The van der Waals surface area contributed by atoms with Gasteiger partial charge in [0.15, 0.2) is 5.65 Å². The van der Waals surface area contributed by atoms with E-state index < -0.39 is 0 Å². The van der Waals surface area contributed by atoms with Crippen LogP contribution in [0.5, 0.6) is 0 Å². The first kappa shape index (κ1) is 15.3. The van der Waals surface area contributed by atoms with E-state index in [-0.39, 0.29) is 5.54 Å². The van der Waals surface area contributed by atoms with Crippen LogP contribution in [0.2, 0.25) is 0 Å². The Labute approximate surface area is 144 Å². The Morgan fingerprint density at radius 1 is 1.21 bits per heavy atom. The first-order chi connectivity index (χ1) is 11.4. The van der Waals surface area contributed by atoms with Crippen molar-refractivity contribution in [3.8, 4) is 0 Å². The van der Waals surface area contributed by atoms with Gasteiger partial charge in [0.25, 0.3) is 0 Å².